The van der Waals surface area contributed by atoms with Gasteiger partial charge in [-0.1, -0.05) is 23.4 Å². The Morgan fingerprint density at radius 1 is 1.08 bits per heavy atom. The highest BCUT2D eigenvalue weighted by Gasteiger charge is 2.20. The van der Waals surface area contributed by atoms with Crippen molar-refractivity contribution >= 4 is 33.4 Å². The molecular formula is C19H17N5O2. The molecule has 0 unspecified atom stereocenters. The van der Waals surface area contributed by atoms with Gasteiger partial charge in [-0.05, 0) is 37.3 Å². The van der Waals surface area contributed by atoms with E-state index in [0.29, 0.717) is 16.6 Å². The average Bonchev–Trinajstić information content (AvgIpc) is 3.04. The molecule has 1 N–H and O–H groups in total. The lowest BCUT2D eigenvalue weighted by atomic mass is 10.2. The first-order chi connectivity index (χ1) is 12.6. The molecule has 130 valence electrons. The number of aromatic nitrogens is 4. The summed E-state index contributed by atoms with van der Waals surface area (Å²) >= 11 is 0. The first-order valence-electron chi connectivity index (χ1n) is 8.25. The van der Waals surface area contributed by atoms with Crippen LogP contribution in [0.3, 0.4) is 0 Å². The number of nitrogens with zero attached hydrogens (tertiary/aromatic N) is 4. The van der Waals surface area contributed by atoms with Gasteiger partial charge < -0.3 is 9.88 Å². The molecule has 0 aliphatic carbocycles. The highest BCUT2D eigenvalue weighted by atomic mass is 16.2. The maximum atomic E-state index is 12.7. The van der Waals surface area contributed by atoms with Crippen LogP contribution in [-0.4, -0.2) is 25.5 Å². The molecule has 0 saturated heterocycles. The van der Waals surface area contributed by atoms with Crippen molar-refractivity contribution in [2.75, 3.05) is 5.32 Å². The number of fused-ring (bicyclic) bond motifs is 2. The summed E-state index contributed by atoms with van der Waals surface area (Å²) in [6, 6.07) is 13.8. The Kier molecular flexibility index (Phi) is 3.76. The maximum Gasteiger partial charge on any atom is 0.278 e. The minimum Gasteiger partial charge on any atom is -0.350 e. The minimum absolute atomic E-state index is 0.326. The van der Waals surface area contributed by atoms with E-state index in [1.54, 1.807) is 31.2 Å². The summed E-state index contributed by atoms with van der Waals surface area (Å²) in [5, 5.41) is 12.2. The number of hydrogen-bond acceptors (Lipinski definition) is 4. The summed E-state index contributed by atoms with van der Waals surface area (Å²) in [5.74, 6) is -0.326. The molecule has 1 atom stereocenters. The lowest BCUT2D eigenvalue weighted by Crippen LogP contribution is -2.34. The van der Waals surface area contributed by atoms with Crippen molar-refractivity contribution in [2.45, 2.75) is 13.0 Å². The van der Waals surface area contributed by atoms with Crippen molar-refractivity contribution < 1.29 is 4.79 Å². The Morgan fingerprint density at radius 2 is 1.88 bits per heavy atom. The summed E-state index contributed by atoms with van der Waals surface area (Å²) in [6.45, 7) is 1.63. The zero-order chi connectivity index (χ0) is 18.3. The van der Waals surface area contributed by atoms with Crippen LogP contribution >= 0.6 is 0 Å². The molecule has 0 aliphatic heterocycles. The second-order valence-corrected chi connectivity index (χ2v) is 6.19. The SMILES string of the molecule is C[C@@H](C(=O)Nc1cccc2c1ccn2C)n1nnc2ccccc2c1=O. The van der Waals surface area contributed by atoms with Crippen LogP contribution < -0.4 is 10.9 Å². The molecule has 4 rings (SSSR count). The van der Waals surface area contributed by atoms with Gasteiger partial charge in [0, 0.05) is 24.1 Å². The van der Waals surface area contributed by atoms with Crippen molar-refractivity contribution in [1.29, 1.82) is 0 Å². The number of hydrogen-bond donors (Lipinski definition) is 1. The van der Waals surface area contributed by atoms with Crippen molar-refractivity contribution in [3.8, 4) is 0 Å². The van der Waals surface area contributed by atoms with E-state index in [4.69, 9.17) is 0 Å². The molecule has 0 saturated carbocycles. The topological polar surface area (TPSA) is 81.8 Å². The predicted octanol–water partition coefficient (Wildman–Crippen LogP) is 2.48. The minimum atomic E-state index is -0.793. The summed E-state index contributed by atoms with van der Waals surface area (Å²) < 4.78 is 3.09. The van der Waals surface area contributed by atoms with Gasteiger partial charge in [-0.15, -0.1) is 5.10 Å². The molecule has 2 aromatic carbocycles. The fourth-order valence-corrected chi connectivity index (χ4v) is 3.02. The number of benzene rings is 2. The Bertz CT molecular complexity index is 1190. The van der Waals surface area contributed by atoms with Crippen molar-refractivity contribution in [1.82, 2.24) is 19.6 Å². The van der Waals surface area contributed by atoms with Crippen LogP contribution in [-0.2, 0) is 11.8 Å². The third kappa shape index (κ3) is 2.54. The smallest absolute Gasteiger partial charge is 0.278 e. The molecule has 1 amide bonds. The fraction of sp³-hybridized carbons (Fsp3) is 0.158. The van der Waals surface area contributed by atoms with Crippen LogP contribution in [0.2, 0.25) is 0 Å². The van der Waals surface area contributed by atoms with E-state index in [1.165, 1.54) is 0 Å². The van der Waals surface area contributed by atoms with Gasteiger partial charge in [-0.2, -0.15) is 4.68 Å². The number of anilines is 1. The number of aryl methyl sites for hydroxylation is 1. The van der Waals surface area contributed by atoms with E-state index in [1.807, 2.05) is 42.1 Å². The Morgan fingerprint density at radius 3 is 2.73 bits per heavy atom. The van der Waals surface area contributed by atoms with Crippen LogP contribution in [0.1, 0.15) is 13.0 Å². The molecule has 4 aromatic rings. The van der Waals surface area contributed by atoms with Crippen LogP contribution in [0.15, 0.2) is 59.5 Å². The number of amides is 1. The summed E-state index contributed by atoms with van der Waals surface area (Å²) in [6.07, 6.45) is 1.93. The molecule has 0 radical (unpaired) electrons. The quantitative estimate of drug-likeness (QED) is 0.617. The Labute approximate surface area is 148 Å². The van der Waals surface area contributed by atoms with E-state index in [-0.39, 0.29) is 11.5 Å². The highest BCUT2D eigenvalue weighted by Crippen LogP contribution is 2.24. The third-order valence-corrected chi connectivity index (χ3v) is 4.52. The molecule has 0 bridgehead atoms. The fourth-order valence-electron chi connectivity index (χ4n) is 3.02. The first-order valence-corrected chi connectivity index (χ1v) is 8.25. The second kappa shape index (κ2) is 6.11. The molecule has 7 heteroatoms. The standard InChI is InChI=1S/C19H17N5O2/c1-12(24-19(26)14-6-3-4-7-16(14)21-22-24)18(25)20-15-8-5-9-17-13(15)10-11-23(17)2/h3-12H,1-2H3,(H,20,25)/t12-/m0/s1. The Hall–Kier alpha value is -3.48. The van der Waals surface area contributed by atoms with Gasteiger partial charge in [0.15, 0.2) is 0 Å². The first kappa shape index (κ1) is 16.0. The second-order valence-electron chi connectivity index (χ2n) is 6.19. The third-order valence-electron chi connectivity index (χ3n) is 4.52. The molecule has 2 heterocycles. The van der Waals surface area contributed by atoms with Gasteiger partial charge >= 0.3 is 0 Å². The van der Waals surface area contributed by atoms with Crippen molar-refractivity contribution in [3.05, 3.63) is 65.1 Å². The van der Waals surface area contributed by atoms with Crippen LogP contribution in [0.25, 0.3) is 21.8 Å². The molecule has 26 heavy (non-hydrogen) atoms. The highest BCUT2D eigenvalue weighted by molar-refractivity contribution is 6.02. The van der Waals surface area contributed by atoms with Crippen LogP contribution in [0.5, 0.6) is 0 Å². The summed E-state index contributed by atoms with van der Waals surface area (Å²) in [4.78, 5) is 25.3. The largest absolute Gasteiger partial charge is 0.350 e. The van der Waals surface area contributed by atoms with Crippen molar-refractivity contribution in [2.24, 2.45) is 7.05 Å². The Balaban J connectivity index is 1.68. The predicted molar refractivity (Wildman–Crippen MR) is 100 cm³/mol. The van der Waals surface area contributed by atoms with Gasteiger partial charge in [-0.3, -0.25) is 9.59 Å². The zero-order valence-corrected chi connectivity index (χ0v) is 14.4. The number of rotatable bonds is 3. The van der Waals surface area contributed by atoms with E-state index in [2.05, 4.69) is 15.6 Å². The molecular weight excluding hydrogens is 330 g/mol. The molecule has 0 aliphatic rings. The summed E-state index contributed by atoms with van der Waals surface area (Å²) in [5.41, 5.74) is 1.88. The number of carbonyl (C=O) groups excluding carboxylic acids is 1. The van der Waals surface area contributed by atoms with Gasteiger partial charge in [0.2, 0.25) is 5.91 Å². The molecule has 7 nitrogen and oxygen atoms in total. The molecule has 0 fully saturated rings. The molecule has 2 aromatic heterocycles. The van der Waals surface area contributed by atoms with Gasteiger partial charge in [0.25, 0.3) is 5.56 Å². The monoisotopic (exact) mass is 347 g/mol. The van der Waals surface area contributed by atoms with Gasteiger partial charge in [-0.25, -0.2) is 0 Å². The van der Waals surface area contributed by atoms with E-state index in [9.17, 15) is 9.59 Å². The van der Waals surface area contributed by atoms with E-state index in [0.717, 1.165) is 15.6 Å². The lowest BCUT2D eigenvalue weighted by Gasteiger charge is -2.14. The van der Waals surface area contributed by atoms with Gasteiger partial charge in [0.05, 0.1) is 11.1 Å². The normalized spacial score (nSPS) is 12.4. The number of nitrogens with one attached hydrogen (secondary N) is 1. The van der Waals surface area contributed by atoms with Crippen LogP contribution in [0, 0.1) is 0 Å². The summed E-state index contributed by atoms with van der Waals surface area (Å²) in [7, 11) is 1.95. The van der Waals surface area contributed by atoms with E-state index < -0.39 is 6.04 Å². The zero-order valence-electron chi connectivity index (χ0n) is 14.4. The molecule has 0 spiro atoms. The maximum absolute atomic E-state index is 12.7. The lowest BCUT2D eigenvalue weighted by molar-refractivity contribution is -0.119. The number of carbonyl (C=O) groups is 1. The van der Waals surface area contributed by atoms with Crippen LogP contribution in [0.4, 0.5) is 5.69 Å². The van der Waals surface area contributed by atoms with Crippen molar-refractivity contribution in [3.63, 3.8) is 0 Å². The van der Waals surface area contributed by atoms with Gasteiger partial charge in [0.1, 0.15) is 11.6 Å². The average molecular weight is 347 g/mol. The van der Waals surface area contributed by atoms with E-state index >= 15 is 0 Å².